The maximum Gasteiger partial charge on any atom is 0.0349 e. The van der Waals surface area contributed by atoms with Crippen molar-refractivity contribution in [1.82, 2.24) is 0 Å². The zero-order chi connectivity index (χ0) is 11.9. The Morgan fingerprint density at radius 2 is 2.06 bits per heavy atom. The van der Waals surface area contributed by atoms with Crippen molar-refractivity contribution in [2.24, 2.45) is 5.92 Å². The molecule has 3 unspecified atom stereocenters. The molecule has 1 heterocycles. The van der Waals surface area contributed by atoms with E-state index in [-0.39, 0.29) is 0 Å². The second kappa shape index (κ2) is 4.31. The highest BCUT2D eigenvalue weighted by molar-refractivity contribution is 8.04. The highest BCUT2D eigenvalue weighted by Gasteiger charge is 2.41. The summed E-state index contributed by atoms with van der Waals surface area (Å²) < 4.78 is 0. The SMILES string of the molecule is C1=CC2SC3=CCCCCC3C2c2ccccc21. The second-order valence-corrected chi connectivity index (χ2v) is 6.85. The summed E-state index contributed by atoms with van der Waals surface area (Å²) in [5, 5.41) is 0.689. The van der Waals surface area contributed by atoms with Crippen LogP contribution in [-0.4, -0.2) is 5.25 Å². The highest BCUT2D eigenvalue weighted by Crippen LogP contribution is 2.56. The van der Waals surface area contributed by atoms with Gasteiger partial charge in [0.15, 0.2) is 0 Å². The molecule has 3 atom stereocenters. The minimum Gasteiger partial charge on any atom is -0.122 e. The second-order valence-electron chi connectivity index (χ2n) is 5.59. The molecule has 0 aromatic heterocycles. The third-order valence-electron chi connectivity index (χ3n) is 4.56. The lowest BCUT2D eigenvalue weighted by atomic mass is 9.77. The molecule has 0 saturated carbocycles. The van der Waals surface area contributed by atoms with Crippen molar-refractivity contribution in [3.05, 3.63) is 52.4 Å². The molecule has 2 aliphatic carbocycles. The maximum absolute atomic E-state index is 2.52. The Bertz CT molecular complexity index is 526. The molecule has 0 nitrogen and oxygen atoms in total. The molecule has 1 heteroatoms. The molecule has 0 bridgehead atoms. The van der Waals surface area contributed by atoms with E-state index in [4.69, 9.17) is 0 Å². The molecule has 18 heavy (non-hydrogen) atoms. The first-order valence-electron chi connectivity index (χ1n) is 7.07. The van der Waals surface area contributed by atoms with Crippen LogP contribution in [0.3, 0.4) is 0 Å². The van der Waals surface area contributed by atoms with Gasteiger partial charge in [-0.05, 0) is 41.2 Å². The summed E-state index contributed by atoms with van der Waals surface area (Å²) in [5.74, 6) is 1.54. The molecule has 0 amide bonds. The van der Waals surface area contributed by atoms with E-state index < -0.39 is 0 Å². The Morgan fingerprint density at radius 1 is 1.11 bits per heavy atom. The van der Waals surface area contributed by atoms with Gasteiger partial charge in [-0.1, -0.05) is 48.9 Å². The summed E-state index contributed by atoms with van der Waals surface area (Å²) in [4.78, 5) is 1.68. The van der Waals surface area contributed by atoms with Crippen molar-refractivity contribution < 1.29 is 0 Å². The molecular formula is C17H18S. The van der Waals surface area contributed by atoms with Gasteiger partial charge in [0.25, 0.3) is 0 Å². The predicted octanol–water partition coefficient (Wildman–Crippen LogP) is 4.99. The van der Waals surface area contributed by atoms with E-state index in [1.807, 2.05) is 0 Å². The summed E-state index contributed by atoms with van der Waals surface area (Å²) in [6.07, 6.45) is 12.8. The first kappa shape index (κ1) is 10.9. The van der Waals surface area contributed by atoms with Crippen molar-refractivity contribution in [2.45, 2.75) is 36.9 Å². The molecule has 1 fully saturated rings. The Morgan fingerprint density at radius 3 is 3.06 bits per heavy atom. The van der Waals surface area contributed by atoms with Gasteiger partial charge < -0.3 is 0 Å². The van der Waals surface area contributed by atoms with Crippen LogP contribution in [-0.2, 0) is 0 Å². The topological polar surface area (TPSA) is 0 Å². The molecule has 0 N–H and O–H groups in total. The van der Waals surface area contributed by atoms with Gasteiger partial charge in [0, 0.05) is 11.2 Å². The Balaban J connectivity index is 1.81. The molecular weight excluding hydrogens is 236 g/mol. The molecule has 1 aromatic rings. The lowest BCUT2D eigenvalue weighted by Crippen LogP contribution is -2.18. The van der Waals surface area contributed by atoms with E-state index in [1.54, 1.807) is 10.5 Å². The van der Waals surface area contributed by atoms with Crippen LogP contribution in [0.25, 0.3) is 6.08 Å². The Labute approximate surface area is 113 Å². The fourth-order valence-electron chi connectivity index (χ4n) is 3.72. The average molecular weight is 254 g/mol. The minimum absolute atomic E-state index is 0.689. The number of thioether (sulfide) groups is 1. The third-order valence-corrected chi connectivity index (χ3v) is 6.02. The van der Waals surface area contributed by atoms with Gasteiger partial charge in [-0.15, -0.1) is 11.8 Å². The van der Waals surface area contributed by atoms with Gasteiger partial charge in [-0.3, -0.25) is 0 Å². The number of hydrogen-bond acceptors (Lipinski definition) is 1. The number of hydrogen-bond donors (Lipinski definition) is 0. The van der Waals surface area contributed by atoms with E-state index in [0.717, 1.165) is 11.8 Å². The molecule has 3 aliphatic rings. The van der Waals surface area contributed by atoms with E-state index in [0.29, 0.717) is 5.25 Å². The number of benzene rings is 1. The Kier molecular flexibility index (Phi) is 2.61. The standard InChI is InChI=1S/C17H18S/c1-2-8-14-15(9-3-1)18-16-11-10-12-6-4-5-7-13(12)17(14)16/h4-7,9-11,14,16-17H,1-3,8H2. The molecule has 1 aromatic carbocycles. The lowest BCUT2D eigenvalue weighted by molar-refractivity contribution is 0.478. The Hall–Kier alpha value is -0.950. The van der Waals surface area contributed by atoms with Crippen molar-refractivity contribution in [2.75, 3.05) is 0 Å². The van der Waals surface area contributed by atoms with Gasteiger partial charge in [-0.2, -0.15) is 0 Å². The van der Waals surface area contributed by atoms with Crippen molar-refractivity contribution in [3.8, 4) is 0 Å². The van der Waals surface area contributed by atoms with Gasteiger partial charge >= 0.3 is 0 Å². The summed E-state index contributed by atoms with van der Waals surface area (Å²) in [6, 6.07) is 8.99. The largest absolute Gasteiger partial charge is 0.122 e. The number of fused-ring (bicyclic) bond motifs is 5. The van der Waals surface area contributed by atoms with Crippen molar-refractivity contribution >= 4 is 17.8 Å². The lowest BCUT2D eigenvalue weighted by Gasteiger charge is -2.27. The summed E-state index contributed by atoms with van der Waals surface area (Å²) in [5.41, 5.74) is 3.04. The van der Waals surface area contributed by atoms with Crippen LogP contribution in [0.4, 0.5) is 0 Å². The molecule has 92 valence electrons. The zero-order valence-corrected chi connectivity index (χ0v) is 11.3. The van der Waals surface area contributed by atoms with Crippen molar-refractivity contribution in [3.63, 3.8) is 0 Å². The molecule has 0 radical (unpaired) electrons. The fourth-order valence-corrected chi connectivity index (χ4v) is 5.32. The number of rotatable bonds is 0. The van der Waals surface area contributed by atoms with Gasteiger partial charge in [0.05, 0.1) is 0 Å². The van der Waals surface area contributed by atoms with Gasteiger partial charge in [-0.25, -0.2) is 0 Å². The summed E-state index contributed by atoms with van der Waals surface area (Å²) >= 11 is 2.13. The first-order chi connectivity index (χ1) is 8.93. The monoisotopic (exact) mass is 254 g/mol. The van der Waals surface area contributed by atoms with Crippen LogP contribution in [0, 0.1) is 5.92 Å². The van der Waals surface area contributed by atoms with Gasteiger partial charge in [0.1, 0.15) is 0 Å². The molecule has 1 saturated heterocycles. The van der Waals surface area contributed by atoms with Crippen LogP contribution in [0.1, 0.15) is 42.7 Å². The predicted molar refractivity (Wildman–Crippen MR) is 79.6 cm³/mol. The molecule has 1 aliphatic heterocycles. The van der Waals surface area contributed by atoms with E-state index in [1.165, 1.54) is 31.2 Å². The summed E-state index contributed by atoms with van der Waals surface area (Å²) in [6.45, 7) is 0. The fraction of sp³-hybridized carbons (Fsp3) is 0.412. The average Bonchev–Trinajstić information content (AvgIpc) is 2.61. The van der Waals surface area contributed by atoms with Crippen LogP contribution in [0.5, 0.6) is 0 Å². The van der Waals surface area contributed by atoms with E-state index in [9.17, 15) is 0 Å². The van der Waals surface area contributed by atoms with Crippen LogP contribution in [0.2, 0.25) is 0 Å². The van der Waals surface area contributed by atoms with E-state index in [2.05, 4.69) is 54.3 Å². The smallest absolute Gasteiger partial charge is 0.0349 e. The quantitative estimate of drug-likeness (QED) is 0.628. The first-order valence-corrected chi connectivity index (χ1v) is 7.95. The van der Waals surface area contributed by atoms with Crippen LogP contribution < -0.4 is 0 Å². The van der Waals surface area contributed by atoms with Crippen LogP contribution in [0.15, 0.2) is 41.3 Å². The third kappa shape index (κ3) is 1.60. The van der Waals surface area contributed by atoms with Gasteiger partial charge in [0.2, 0.25) is 0 Å². The van der Waals surface area contributed by atoms with Crippen molar-refractivity contribution in [1.29, 1.82) is 0 Å². The molecule has 0 spiro atoms. The highest BCUT2D eigenvalue weighted by atomic mass is 32.2. The minimum atomic E-state index is 0.689. The van der Waals surface area contributed by atoms with Crippen LogP contribution >= 0.6 is 11.8 Å². The molecule has 4 rings (SSSR count). The van der Waals surface area contributed by atoms with E-state index >= 15 is 0 Å². The summed E-state index contributed by atoms with van der Waals surface area (Å²) in [7, 11) is 0. The maximum atomic E-state index is 2.52. The zero-order valence-electron chi connectivity index (χ0n) is 10.5. The normalized spacial score (nSPS) is 33.1. The number of allylic oxidation sites excluding steroid dienone is 2.